The average Bonchev–Trinajstić information content (AvgIpc) is 2.57. The molecule has 3 fully saturated rings. The van der Waals surface area contributed by atoms with E-state index in [2.05, 4.69) is 0 Å². The van der Waals surface area contributed by atoms with Gasteiger partial charge in [0.2, 0.25) is 0 Å². The first-order valence-corrected chi connectivity index (χ1v) is 7.44. The topological polar surface area (TPSA) is 27.7 Å². The lowest BCUT2D eigenvalue weighted by Crippen LogP contribution is -2.60. The van der Waals surface area contributed by atoms with Gasteiger partial charge < -0.3 is 14.2 Å². The van der Waals surface area contributed by atoms with Crippen LogP contribution in [0.4, 0.5) is 4.39 Å². The molecule has 3 nitrogen and oxygen atoms in total. The van der Waals surface area contributed by atoms with Gasteiger partial charge in [-0.15, -0.1) is 0 Å². The Balaban J connectivity index is 1.64. The van der Waals surface area contributed by atoms with Crippen LogP contribution in [0.25, 0.3) is 0 Å². The second-order valence-corrected chi connectivity index (χ2v) is 6.13. The number of fused-ring (bicyclic) bond motifs is 3. The van der Waals surface area contributed by atoms with E-state index in [4.69, 9.17) is 25.8 Å². The van der Waals surface area contributed by atoms with Gasteiger partial charge in [-0.2, -0.15) is 0 Å². The minimum atomic E-state index is -1.21. The van der Waals surface area contributed by atoms with Crippen molar-refractivity contribution in [2.75, 3.05) is 19.8 Å². The molecule has 5 heteroatoms. The zero-order valence-corrected chi connectivity index (χ0v) is 12.5. The maximum absolute atomic E-state index is 14.1. The van der Waals surface area contributed by atoms with Crippen LogP contribution in [0.1, 0.15) is 11.1 Å². The van der Waals surface area contributed by atoms with Gasteiger partial charge in [-0.25, -0.2) is 4.39 Å². The van der Waals surface area contributed by atoms with Crippen LogP contribution in [0.5, 0.6) is 0 Å². The van der Waals surface area contributed by atoms with Crippen LogP contribution >= 0.6 is 11.6 Å². The molecular weight excluding hydrogens is 307 g/mol. The molecule has 0 aliphatic carbocycles. The second kappa shape index (κ2) is 5.03. The van der Waals surface area contributed by atoms with Crippen molar-refractivity contribution in [3.8, 4) is 0 Å². The lowest BCUT2D eigenvalue weighted by Gasteiger charge is -2.52. The summed E-state index contributed by atoms with van der Waals surface area (Å²) >= 11 is 5.90. The van der Waals surface area contributed by atoms with E-state index in [0.717, 1.165) is 5.56 Å². The molecule has 0 aromatic heterocycles. The first kappa shape index (κ1) is 14.2. The minimum absolute atomic E-state index is 0.265. The third kappa shape index (κ3) is 2.07. The molecule has 0 N–H and O–H groups in total. The van der Waals surface area contributed by atoms with E-state index in [1.54, 1.807) is 24.3 Å². The van der Waals surface area contributed by atoms with E-state index in [0.29, 0.717) is 30.4 Å². The predicted octanol–water partition coefficient (Wildman–Crippen LogP) is 3.60. The van der Waals surface area contributed by atoms with Crippen LogP contribution in [0.3, 0.4) is 0 Å². The Morgan fingerprint density at radius 3 is 2.05 bits per heavy atom. The van der Waals surface area contributed by atoms with Crippen LogP contribution in [0, 0.1) is 5.82 Å². The number of hydrogen-bond donors (Lipinski definition) is 0. The van der Waals surface area contributed by atoms with Gasteiger partial charge >= 0.3 is 5.97 Å². The van der Waals surface area contributed by atoms with Crippen molar-refractivity contribution in [1.82, 2.24) is 0 Å². The highest BCUT2D eigenvalue weighted by Gasteiger charge is 2.55. The molecule has 0 atom stereocenters. The van der Waals surface area contributed by atoms with Crippen molar-refractivity contribution in [3.05, 3.63) is 70.5 Å². The fourth-order valence-corrected chi connectivity index (χ4v) is 3.10. The third-order valence-corrected chi connectivity index (χ3v) is 4.51. The number of halogens is 2. The van der Waals surface area contributed by atoms with Gasteiger partial charge in [0, 0.05) is 16.1 Å². The van der Waals surface area contributed by atoms with E-state index in [9.17, 15) is 4.39 Å². The molecule has 3 aliphatic rings. The van der Waals surface area contributed by atoms with E-state index >= 15 is 0 Å². The molecule has 2 bridgehead atoms. The van der Waals surface area contributed by atoms with Gasteiger partial charge in [0.25, 0.3) is 0 Å². The minimum Gasteiger partial charge on any atom is -0.322 e. The Morgan fingerprint density at radius 2 is 1.45 bits per heavy atom. The Kier molecular flexibility index (Phi) is 3.24. The number of benzene rings is 2. The zero-order valence-electron chi connectivity index (χ0n) is 11.7. The molecule has 22 heavy (non-hydrogen) atoms. The van der Waals surface area contributed by atoms with Crippen molar-refractivity contribution < 1.29 is 18.6 Å². The first-order valence-electron chi connectivity index (χ1n) is 7.07. The Morgan fingerprint density at radius 1 is 0.864 bits per heavy atom. The van der Waals surface area contributed by atoms with Crippen LogP contribution in [0.15, 0.2) is 48.5 Å². The first-order chi connectivity index (χ1) is 10.6. The van der Waals surface area contributed by atoms with Crippen LogP contribution in [-0.2, 0) is 25.6 Å². The Hall–Kier alpha value is -1.46. The highest BCUT2D eigenvalue weighted by Crippen LogP contribution is 2.46. The monoisotopic (exact) mass is 320 g/mol. The van der Waals surface area contributed by atoms with E-state index in [1.807, 2.05) is 18.2 Å². The molecule has 3 saturated heterocycles. The maximum atomic E-state index is 14.1. The summed E-state index contributed by atoms with van der Waals surface area (Å²) in [5.74, 6) is -1.48. The van der Waals surface area contributed by atoms with E-state index < -0.39 is 11.4 Å². The Labute approximate surface area is 132 Å². The molecule has 0 radical (unpaired) electrons. The highest BCUT2D eigenvalue weighted by molar-refractivity contribution is 6.30. The predicted molar refractivity (Wildman–Crippen MR) is 79.1 cm³/mol. The standard InChI is InChI=1S/C17H14ClFO3/c18-13-7-5-12(6-8-13)17-20-9-16(10-21-17,11-22-17)14-3-1-2-4-15(14)19/h1-8H,9-11H2. The molecule has 5 rings (SSSR count). The fourth-order valence-electron chi connectivity index (χ4n) is 2.98. The molecule has 3 heterocycles. The van der Waals surface area contributed by atoms with E-state index in [1.165, 1.54) is 6.07 Å². The van der Waals surface area contributed by atoms with Crippen molar-refractivity contribution in [2.45, 2.75) is 11.4 Å². The second-order valence-electron chi connectivity index (χ2n) is 5.69. The van der Waals surface area contributed by atoms with Gasteiger partial charge in [-0.1, -0.05) is 29.8 Å². The summed E-state index contributed by atoms with van der Waals surface area (Å²) in [4.78, 5) is 0. The summed E-state index contributed by atoms with van der Waals surface area (Å²) in [5, 5.41) is 0.632. The number of rotatable bonds is 2. The lowest BCUT2D eigenvalue weighted by molar-refractivity contribution is -0.466. The largest absolute Gasteiger partial charge is 0.322 e. The van der Waals surface area contributed by atoms with Gasteiger partial charge in [-0.05, 0) is 30.3 Å². The van der Waals surface area contributed by atoms with Crippen LogP contribution < -0.4 is 0 Å². The van der Waals surface area contributed by atoms with Crippen molar-refractivity contribution >= 4 is 11.6 Å². The summed E-state index contributed by atoms with van der Waals surface area (Å²) in [6.45, 7) is 1.03. The molecule has 0 spiro atoms. The maximum Gasteiger partial charge on any atom is 0.312 e. The van der Waals surface area contributed by atoms with Gasteiger partial charge in [0.15, 0.2) is 0 Å². The normalized spacial score (nSPS) is 30.5. The number of ether oxygens (including phenoxy) is 3. The average molecular weight is 321 g/mol. The van der Waals surface area contributed by atoms with Crippen molar-refractivity contribution in [2.24, 2.45) is 0 Å². The fraction of sp³-hybridized carbons (Fsp3) is 0.294. The van der Waals surface area contributed by atoms with Gasteiger partial charge in [0.05, 0.1) is 25.2 Å². The van der Waals surface area contributed by atoms with Crippen molar-refractivity contribution in [1.29, 1.82) is 0 Å². The summed E-state index contributed by atoms with van der Waals surface area (Å²) in [7, 11) is 0. The summed E-state index contributed by atoms with van der Waals surface area (Å²) in [6, 6.07) is 13.8. The third-order valence-electron chi connectivity index (χ3n) is 4.26. The molecule has 2 aromatic rings. The Bertz CT molecular complexity index is 677. The van der Waals surface area contributed by atoms with Gasteiger partial charge in [0.1, 0.15) is 5.82 Å². The molecule has 0 amide bonds. The quantitative estimate of drug-likeness (QED) is 0.846. The zero-order chi connectivity index (χ0) is 15.2. The number of hydrogen-bond acceptors (Lipinski definition) is 3. The lowest BCUT2D eigenvalue weighted by atomic mass is 9.80. The summed E-state index contributed by atoms with van der Waals surface area (Å²) in [5.41, 5.74) is 0.720. The van der Waals surface area contributed by atoms with Crippen molar-refractivity contribution in [3.63, 3.8) is 0 Å². The molecule has 3 aliphatic heterocycles. The molecule has 0 unspecified atom stereocenters. The van der Waals surface area contributed by atoms with E-state index in [-0.39, 0.29) is 5.82 Å². The molecular formula is C17H14ClFO3. The molecule has 2 aromatic carbocycles. The SMILES string of the molecule is Fc1ccccc1C12COC(c3ccc(Cl)cc3)(OC1)OC2. The molecule has 0 saturated carbocycles. The smallest absolute Gasteiger partial charge is 0.312 e. The van der Waals surface area contributed by atoms with Crippen LogP contribution in [-0.4, -0.2) is 19.8 Å². The highest BCUT2D eigenvalue weighted by atomic mass is 35.5. The van der Waals surface area contributed by atoms with Gasteiger partial charge in [-0.3, -0.25) is 0 Å². The molecule has 114 valence electrons. The summed E-state index contributed by atoms with van der Waals surface area (Å²) in [6.07, 6.45) is 0. The summed E-state index contributed by atoms with van der Waals surface area (Å²) < 4.78 is 31.7. The van der Waals surface area contributed by atoms with Crippen LogP contribution in [0.2, 0.25) is 5.02 Å².